The number of aryl methyl sites for hydroxylation is 1. The van der Waals surface area contributed by atoms with Crippen molar-refractivity contribution in [2.24, 2.45) is 0 Å². The van der Waals surface area contributed by atoms with E-state index in [-0.39, 0.29) is 23.1 Å². The van der Waals surface area contributed by atoms with Gasteiger partial charge in [0.05, 0.1) is 10.9 Å². The second-order valence-electron chi connectivity index (χ2n) is 6.07. The summed E-state index contributed by atoms with van der Waals surface area (Å²) < 4.78 is 30.8. The van der Waals surface area contributed by atoms with Crippen LogP contribution in [-0.4, -0.2) is 22.2 Å². The highest BCUT2D eigenvalue weighted by atomic mass is 19.1. The Morgan fingerprint density at radius 2 is 1.93 bits per heavy atom. The second kappa shape index (κ2) is 7.57. The van der Waals surface area contributed by atoms with Gasteiger partial charge in [-0.1, -0.05) is 30.3 Å². The van der Waals surface area contributed by atoms with Crippen LogP contribution in [0.4, 0.5) is 14.5 Å². The number of aromatic carboxylic acids is 1. The van der Waals surface area contributed by atoms with E-state index in [2.05, 4.69) is 5.32 Å². The lowest BCUT2D eigenvalue weighted by molar-refractivity contribution is 0.0695. The molecule has 0 unspecified atom stereocenters. The Morgan fingerprint density at radius 3 is 2.56 bits per heavy atom. The molecule has 7 heteroatoms. The monoisotopic (exact) mass is 372 g/mol. The van der Waals surface area contributed by atoms with Crippen molar-refractivity contribution in [2.75, 3.05) is 11.9 Å². The number of carboxylic acid groups (broad SMARTS) is 1. The number of nitrogens with one attached hydrogen (secondary N) is 1. The van der Waals surface area contributed by atoms with Gasteiger partial charge < -0.3 is 15.0 Å². The van der Waals surface area contributed by atoms with Gasteiger partial charge in [0.2, 0.25) is 5.43 Å². The van der Waals surface area contributed by atoms with Gasteiger partial charge in [-0.15, -0.1) is 0 Å². The third-order valence-electron chi connectivity index (χ3n) is 4.38. The van der Waals surface area contributed by atoms with E-state index in [4.69, 9.17) is 5.11 Å². The third kappa shape index (κ3) is 3.53. The Kier molecular flexibility index (Phi) is 5.21. The van der Waals surface area contributed by atoms with Crippen molar-refractivity contribution in [3.63, 3.8) is 0 Å². The van der Waals surface area contributed by atoms with Crippen LogP contribution in [0.15, 0.2) is 47.4 Å². The molecule has 0 amide bonds. The average molecular weight is 372 g/mol. The first-order valence-corrected chi connectivity index (χ1v) is 8.50. The lowest BCUT2D eigenvalue weighted by Gasteiger charge is -2.15. The molecule has 5 nitrogen and oxygen atoms in total. The summed E-state index contributed by atoms with van der Waals surface area (Å²) in [6.07, 6.45) is 1.65. The Balaban J connectivity index is 2.03. The maximum absolute atomic E-state index is 15.0. The van der Waals surface area contributed by atoms with Crippen LogP contribution < -0.4 is 10.7 Å². The zero-order chi connectivity index (χ0) is 19.6. The van der Waals surface area contributed by atoms with Crippen LogP contribution in [0.25, 0.3) is 10.9 Å². The number of halogens is 2. The lowest BCUT2D eigenvalue weighted by Crippen LogP contribution is -2.20. The maximum Gasteiger partial charge on any atom is 0.341 e. The van der Waals surface area contributed by atoms with Gasteiger partial charge in [-0.25, -0.2) is 13.6 Å². The SMILES string of the molecule is CCn1cc(C(=O)O)c(=O)c2cc(F)c(NCCc3ccccc3)c(F)c21. The maximum atomic E-state index is 15.0. The van der Waals surface area contributed by atoms with Crippen LogP contribution in [0.5, 0.6) is 0 Å². The molecule has 0 saturated heterocycles. The predicted molar refractivity (Wildman–Crippen MR) is 99.4 cm³/mol. The summed E-state index contributed by atoms with van der Waals surface area (Å²) in [4.78, 5) is 23.5. The number of hydrogen-bond acceptors (Lipinski definition) is 3. The second-order valence-corrected chi connectivity index (χ2v) is 6.07. The van der Waals surface area contributed by atoms with Crippen molar-refractivity contribution in [3.05, 3.63) is 75.6 Å². The molecular weight excluding hydrogens is 354 g/mol. The van der Waals surface area contributed by atoms with Crippen LogP contribution in [0, 0.1) is 11.6 Å². The van der Waals surface area contributed by atoms with Crippen molar-refractivity contribution >= 4 is 22.6 Å². The lowest BCUT2D eigenvalue weighted by atomic mass is 10.1. The quantitative estimate of drug-likeness (QED) is 0.693. The summed E-state index contributed by atoms with van der Waals surface area (Å²) in [5.41, 5.74) is -0.855. The molecule has 0 bridgehead atoms. The van der Waals surface area contributed by atoms with Crippen molar-refractivity contribution < 1.29 is 18.7 Å². The first kappa shape index (κ1) is 18.6. The number of hydrogen-bond donors (Lipinski definition) is 2. The third-order valence-corrected chi connectivity index (χ3v) is 4.38. The highest BCUT2D eigenvalue weighted by Crippen LogP contribution is 2.27. The van der Waals surface area contributed by atoms with Crippen molar-refractivity contribution in [2.45, 2.75) is 19.9 Å². The van der Waals surface area contributed by atoms with Gasteiger partial charge in [0, 0.05) is 19.3 Å². The van der Waals surface area contributed by atoms with Crippen molar-refractivity contribution in [1.82, 2.24) is 4.57 Å². The van der Waals surface area contributed by atoms with Gasteiger partial charge in [0.25, 0.3) is 0 Å². The molecule has 27 heavy (non-hydrogen) atoms. The first-order chi connectivity index (χ1) is 12.9. The van der Waals surface area contributed by atoms with E-state index >= 15 is 4.39 Å². The number of benzene rings is 2. The summed E-state index contributed by atoms with van der Waals surface area (Å²) in [7, 11) is 0. The van der Waals surface area contributed by atoms with Gasteiger partial charge in [-0.3, -0.25) is 4.79 Å². The van der Waals surface area contributed by atoms with Crippen molar-refractivity contribution in [3.8, 4) is 0 Å². The molecule has 0 fully saturated rings. The van der Waals surface area contributed by atoms with E-state index in [1.807, 2.05) is 30.3 Å². The molecule has 0 radical (unpaired) electrons. The fourth-order valence-corrected chi connectivity index (χ4v) is 3.03. The van der Waals surface area contributed by atoms with Crippen LogP contribution in [0.3, 0.4) is 0 Å². The number of rotatable bonds is 6. The van der Waals surface area contributed by atoms with Gasteiger partial charge >= 0.3 is 5.97 Å². The summed E-state index contributed by atoms with van der Waals surface area (Å²) in [6, 6.07) is 10.4. The molecule has 0 aliphatic rings. The molecule has 0 atom stereocenters. The van der Waals surface area contributed by atoms with Crippen LogP contribution >= 0.6 is 0 Å². The molecule has 2 aromatic carbocycles. The fraction of sp³-hybridized carbons (Fsp3) is 0.200. The smallest absolute Gasteiger partial charge is 0.341 e. The highest BCUT2D eigenvalue weighted by Gasteiger charge is 2.21. The number of anilines is 1. The molecule has 0 aliphatic heterocycles. The molecule has 3 aromatic rings. The zero-order valence-corrected chi connectivity index (χ0v) is 14.6. The molecule has 3 rings (SSSR count). The molecule has 1 heterocycles. The van der Waals surface area contributed by atoms with E-state index in [1.165, 1.54) is 4.57 Å². The molecule has 0 aliphatic carbocycles. The van der Waals surface area contributed by atoms with E-state index in [0.717, 1.165) is 17.8 Å². The largest absolute Gasteiger partial charge is 0.477 e. The summed E-state index contributed by atoms with van der Waals surface area (Å²) in [5, 5.41) is 11.6. The van der Waals surface area contributed by atoms with Crippen LogP contribution in [0.2, 0.25) is 0 Å². The van der Waals surface area contributed by atoms with Crippen LogP contribution in [0.1, 0.15) is 22.8 Å². The standard InChI is InChI=1S/C20H18F2N2O3/c1-2-24-11-14(20(26)27)19(25)13-10-15(21)17(16(22)18(13)24)23-9-8-12-6-4-3-5-7-12/h3-7,10-11,23H,2,8-9H2,1H3,(H,26,27). The number of carbonyl (C=O) groups is 1. The molecule has 140 valence electrons. The van der Waals surface area contributed by atoms with E-state index < -0.39 is 28.6 Å². The number of pyridine rings is 1. The molecular formula is C20H18F2N2O3. The Morgan fingerprint density at radius 1 is 1.22 bits per heavy atom. The van der Waals surface area contributed by atoms with Crippen molar-refractivity contribution in [1.29, 1.82) is 0 Å². The summed E-state index contributed by atoms with van der Waals surface area (Å²) in [6.45, 7) is 2.21. The van der Waals surface area contributed by atoms with Gasteiger partial charge in [-0.2, -0.15) is 0 Å². The predicted octanol–water partition coefficient (Wildman–Crippen LogP) is 3.65. The van der Waals surface area contributed by atoms with Gasteiger partial charge in [0.1, 0.15) is 17.1 Å². The van der Waals surface area contributed by atoms with E-state index in [1.54, 1.807) is 6.92 Å². The normalized spacial score (nSPS) is 10.9. The number of fused-ring (bicyclic) bond motifs is 1. The highest BCUT2D eigenvalue weighted by molar-refractivity contribution is 5.93. The molecule has 2 N–H and O–H groups in total. The first-order valence-electron chi connectivity index (χ1n) is 8.50. The van der Waals surface area contributed by atoms with Gasteiger partial charge in [0.15, 0.2) is 5.82 Å². The Hall–Kier alpha value is -3.22. The number of carboxylic acids is 1. The average Bonchev–Trinajstić information content (AvgIpc) is 2.65. The van der Waals surface area contributed by atoms with Crippen LogP contribution in [-0.2, 0) is 13.0 Å². The summed E-state index contributed by atoms with van der Waals surface area (Å²) in [5.74, 6) is -3.28. The molecule has 0 saturated carbocycles. The van der Waals surface area contributed by atoms with E-state index in [9.17, 15) is 14.0 Å². The molecule has 0 spiro atoms. The Labute approximate surface area is 153 Å². The molecule has 1 aromatic heterocycles. The summed E-state index contributed by atoms with van der Waals surface area (Å²) >= 11 is 0. The van der Waals surface area contributed by atoms with E-state index in [0.29, 0.717) is 13.0 Å². The van der Waals surface area contributed by atoms with Gasteiger partial charge in [-0.05, 0) is 25.0 Å². The minimum atomic E-state index is -1.44. The number of nitrogens with zero attached hydrogens (tertiary/aromatic N) is 1. The number of aromatic nitrogens is 1. The zero-order valence-electron chi connectivity index (χ0n) is 14.6. The Bertz CT molecular complexity index is 1060. The fourth-order valence-electron chi connectivity index (χ4n) is 3.03. The minimum absolute atomic E-state index is 0.115. The minimum Gasteiger partial charge on any atom is -0.477 e. The topological polar surface area (TPSA) is 71.3 Å².